The number of carbonyl (C=O) groups excluding carboxylic acids is 1. The Labute approximate surface area is 178 Å². The van der Waals surface area contributed by atoms with Gasteiger partial charge >= 0.3 is 0 Å². The van der Waals surface area contributed by atoms with Crippen LogP contribution in [-0.2, 0) is 10.3 Å². The van der Waals surface area contributed by atoms with Gasteiger partial charge in [-0.15, -0.1) is 6.58 Å². The number of piperidine rings is 1. The van der Waals surface area contributed by atoms with Crippen LogP contribution in [0.25, 0.3) is 0 Å². The monoisotopic (exact) mass is 415 g/mol. The van der Waals surface area contributed by atoms with E-state index in [4.69, 9.17) is 23.2 Å². The minimum absolute atomic E-state index is 0.0578. The first-order chi connectivity index (χ1) is 13.3. The molecule has 28 heavy (non-hydrogen) atoms. The molecule has 1 saturated heterocycles. The molecule has 2 aromatic rings. The molecule has 3 atom stereocenters. The Bertz CT molecular complexity index is 861. The van der Waals surface area contributed by atoms with Crippen molar-refractivity contribution in [3.05, 3.63) is 82.4 Å². The molecule has 2 aromatic carbocycles. The fraction of sp³-hybridized carbons (Fsp3) is 0.375. The zero-order valence-corrected chi connectivity index (χ0v) is 18.2. The molecule has 1 heterocycles. The molecular weight excluding hydrogens is 389 g/mol. The number of hydrogen-bond acceptors (Lipinski definition) is 1. The van der Waals surface area contributed by atoms with Gasteiger partial charge in [0.1, 0.15) is 0 Å². The van der Waals surface area contributed by atoms with Gasteiger partial charge in [-0.05, 0) is 69.0 Å². The van der Waals surface area contributed by atoms with E-state index in [1.807, 2.05) is 48.5 Å². The average molecular weight is 416 g/mol. The predicted molar refractivity (Wildman–Crippen MR) is 118 cm³/mol. The van der Waals surface area contributed by atoms with Crippen LogP contribution in [0.15, 0.2) is 61.2 Å². The van der Waals surface area contributed by atoms with Crippen molar-refractivity contribution in [2.24, 2.45) is 5.92 Å². The SMILES string of the molecule is C=CC[C@@H]1C[C@H](c2cccc(Cl)c2)[C@@](C)(c2ccc(Cl)cc2)N(C(C)C)C1=O. The highest BCUT2D eigenvalue weighted by atomic mass is 35.5. The fourth-order valence-corrected chi connectivity index (χ4v) is 5.03. The largest absolute Gasteiger partial charge is 0.330 e. The maximum Gasteiger partial charge on any atom is 0.226 e. The van der Waals surface area contributed by atoms with Crippen molar-refractivity contribution >= 4 is 29.1 Å². The fourth-order valence-electron chi connectivity index (χ4n) is 4.71. The molecule has 1 aliphatic heterocycles. The zero-order chi connectivity index (χ0) is 20.5. The summed E-state index contributed by atoms with van der Waals surface area (Å²) in [6, 6.07) is 15.9. The smallest absolute Gasteiger partial charge is 0.226 e. The molecule has 0 saturated carbocycles. The highest BCUT2D eigenvalue weighted by Gasteiger charge is 2.51. The van der Waals surface area contributed by atoms with Crippen LogP contribution in [0.2, 0.25) is 10.0 Å². The van der Waals surface area contributed by atoms with Gasteiger partial charge in [-0.1, -0.05) is 53.5 Å². The van der Waals surface area contributed by atoms with Crippen LogP contribution in [-0.4, -0.2) is 16.8 Å². The lowest BCUT2D eigenvalue weighted by molar-refractivity contribution is -0.153. The first kappa shape index (κ1) is 21.0. The maximum atomic E-state index is 13.5. The lowest BCUT2D eigenvalue weighted by atomic mass is 9.66. The van der Waals surface area contributed by atoms with Gasteiger partial charge < -0.3 is 4.90 Å². The second kappa shape index (κ2) is 8.31. The number of hydrogen-bond donors (Lipinski definition) is 0. The summed E-state index contributed by atoms with van der Waals surface area (Å²) in [4.78, 5) is 15.5. The molecule has 0 radical (unpaired) electrons. The summed E-state index contributed by atoms with van der Waals surface area (Å²) in [6.45, 7) is 10.2. The van der Waals surface area contributed by atoms with Crippen molar-refractivity contribution in [1.29, 1.82) is 0 Å². The van der Waals surface area contributed by atoms with Crippen LogP contribution < -0.4 is 0 Å². The highest BCUT2D eigenvalue weighted by Crippen LogP contribution is 2.51. The molecule has 1 fully saturated rings. The molecular formula is C24H27Cl2NO. The molecule has 0 unspecified atom stereocenters. The number of rotatable bonds is 5. The molecule has 0 aromatic heterocycles. The van der Waals surface area contributed by atoms with E-state index in [1.165, 1.54) is 0 Å². The molecule has 4 heteroatoms. The normalized spacial score (nSPS) is 25.2. The van der Waals surface area contributed by atoms with E-state index >= 15 is 0 Å². The van der Waals surface area contributed by atoms with Crippen LogP contribution >= 0.6 is 23.2 Å². The highest BCUT2D eigenvalue weighted by molar-refractivity contribution is 6.30. The van der Waals surface area contributed by atoms with Gasteiger partial charge in [0, 0.05) is 27.9 Å². The number of carbonyl (C=O) groups is 1. The van der Waals surface area contributed by atoms with Gasteiger partial charge in [0.15, 0.2) is 0 Å². The molecule has 0 aliphatic carbocycles. The van der Waals surface area contributed by atoms with Gasteiger partial charge in [0.25, 0.3) is 0 Å². The Morgan fingerprint density at radius 3 is 2.43 bits per heavy atom. The van der Waals surface area contributed by atoms with Gasteiger partial charge in [0.2, 0.25) is 5.91 Å². The minimum atomic E-state index is -0.502. The van der Waals surface area contributed by atoms with Gasteiger partial charge in [-0.2, -0.15) is 0 Å². The van der Waals surface area contributed by atoms with E-state index in [0.29, 0.717) is 16.5 Å². The van der Waals surface area contributed by atoms with Crippen molar-refractivity contribution in [2.45, 2.75) is 51.1 Å². The predicted octanol–water partition coefficient (Wildman–Crippen LogP) is 6.83. The zero-order valence-electron chi connectivity index (χ0n) is 16.7. The Morgan fingerprint density at radius 2 is 1.86 bits per heavy atom. The summed E-state index contributed by atoms with van der Waals surface area (Å²) >= 11 is 12.5. The number of allylic oxidation sites excluding steroid dienone is 1. The van der Waals surface area contributed by atoms with E-state index in [0.717, 1.165) is 17.5 Å². The molecule has 0 bridgehead atoms. The first-order valence-electron chi connectivity index (χ1n) is 9.74. The minimum Gasteiger partial charge on any atom is -0.330 e. The van der Waals surface area contributed by atoms with E-state index in [2.05, 4.69) is 38.3 Å². The number of halogens is 2. The van der Waals surface area contributed by atoms with E-state index < -0.39 is 5.54 Å². The summed E-state index contributed by atoms with van der Waals surface area (Å²) in [5, 5.41) is 1.40. The third-order valence-corrected chi connectivity index (χ3v) is 6.42. The Morgan fingerprint density at radius 1 is 1.18 bits per heavy atom. The molecule has 148 valence electrons. The number of amides is 1. The third kappa shape index (κ3) is 3.73. The van der Waals surface area contributed by atoms with Crippen LogP contribution in [0, 0.1) is 5.92 Å². The molecule has 3 rings (SSSR count). The van der Waals surface area contributed by atoms with E-state index in [1.54, 1.807) is 0 Å². The number of nitrogens with zero attached hydrogens (tertiary/aromatic N) is 1. The molecule has 0 spiro atoms. The Hall–Kier alpha value is -1.77. The van der Waals surface area contributed by atoms with E-state index in [-0.39, 0.29) is 23.8 Å². The second-order valence-corrected chi connectivity index (χ2v) is 8.89. The van der Waals surface area contributed by atoms with Crippen molar-refractivity contribution in [2.75, 3.05) is 0 Å². The van der Waals surface area contributed by atoms with Crippen molar-refractivity contribution in [1.82, 2.24) is 4.90 Å². The van der Waals surface area contributed by atoms with Crippen LogP contribution in [0.3, 0.4) is 0 Å². The molecule has 0 N–H and O–H groups in total. The van der Waals surface area contributed by atoms with E-state index in [9.17, 15) is 4.79 Å². The number of benzene rings is 2. The Balaban J connectivity index is 2.22. The average Bonchev–Trinajstić information content (AvgIpc) is 2.64. The second-order valence-electron chi connectivity index (χ2n) is 8.02. The molecule has 1 amide bonds. The summed E-state index contributed by atoms with van der Waals surface area (Å²) in [5.74, 6) is 0.215. The van der Waals surface area contributed by atoms with Crippen molar-refractivity contribution < 1.29 is 4.79 Å². The van der Waals surface area contributed by atoms with Gasteiger partial charge in [-0.3, -0.25) is 4.79 Å². The number of likely N-dealkylation sites (tertiary alicyclic amines) is 1. The topological polar surface area (TPSA) is 20.3 Å². The summed E-state index contributed by atoms with van der Waals surface area (Å²) < 4.78 is 0. The van der Waals surface area contributed by atoms with Crippen LogP contribution in [0.5, 0.6) is 0 Å². The quantitative estimate of drug-likeness (QED) is 0.490. The first-order valence-corrected chi connectivity index (χ1v) is 10.5. The molecule has 2 nitrogen and oxygen atoms in total. The standard InChI is InChI=1S/C24H27Cl2NO/c1-5-7-18-15-22(17-8-6-9-21(26)14-17)24(4,27(16(2)3)23(18)28)19-10-12-20(25)13-11-19/h5-6,8-14,16,18,22H,1,7,15H2,2-4H3/t18-,22-,24-/m1/s1. The van der Waals surface area contributed by atoms with Crippen molar-refractivity contribution in [3.63, 3.8) is 0 Å². The van der Waals surface area contributed by atoms with Gasteiger partial charge in [0.05, 0.1) is 5.54 Å². The van der Waals surface area contributed by atoms with Crippen LogP contribution in [0.1, 0.15) is 50.7 Å². The third-order valence-electron chi connectivity index (χ3n) is 5.93. The Kier molecular flexibility index (Phi) is 6.21. The lowest BCUT2D eigenvalue weighted by Gasteiger charge is -2.54. The van der Waals surface area contributed by atoms with Gasteiger partial charge in [-0.25, -0.2) is 0 Å². The van der Waals surface area contributed by atoms with Crippen molar-refractivity contribution in [3.8, 4) is 0 Å². The lowest BCUT2D eigenvalue weighted by Crippen LogP contribution is -2.59. The molecule has 1 aliphatic rings. The summed E-state index contributed by atoms with van der Waals surface area (Å²) in [6.07, 6.45) is 3.28. The summed E-state index contributed by atoms with van der Waals surface area (Å²) in [5.41, 5.74) is 1.73. The van der Waals surface area contributed by atoms with Crippen LogP contribution in [0.4, 0.5) is 0 Å². The summed E-state index contributed by atoms with van der Waals surface area (Å²) in [7, 11) is 0. The maximum absolute atomic E-state index is 13.5.